The van der Waals surface area contributed by atoms with Crippen molar-refractivity contribution in [1.82, 2.24) is 4.98 Å². The number of hydrogen-bond acceptors (Lipinski definition) is 6. The Morgan fingerprint density at radius 2 is 1.76 bits per heavy atom. The summed E-state index contributed by atoms with van der Waals surface area (Å²) in [5, 5.41) is 0. The second kappa shape index (κ2) is 9.15. The van der Waals surface area contributed by atoms with E-state index in [1.54, 1.807) is 49.6 Å². The second-order valence-corrected chi connectivity index (χ2v) is 9.82. The molecule has 4 rings (SSSR count). The summed E-state index contributed by atoms with van der Waals surface area (Å²) in [7, 11) is -1.80. The Labute approximate surface area is 190 Å². The highest BCUT2D eigenvalue weighted by Gasteiger charge is 2.24. The van der Waals surface area contributed by atoms with Crippen LogP contribution >= 0.6 is 0 Å². The Balaban J connectivity index is 1.64. The SMILES string of the molecule is COc1ccc2oc(CC(=O)C(Cc3ccc(F)cc3)c3ccc(S(C)(=O)=O)cc3)nc2c1. The molecule has 0 saturated carbocycles. The fourth-order valence-corrected chi connectivity index (χ4v) is 4.28. The molecule has 1 atom stereocenters. The van der Waals surface area contributed by atoms with Gasteiger partial charge in [-0.1, -0.05) is 24.3 Å². The molecule has 0 spiro atoms. The number of halogens is 1. The zero-order valence-corrected chi connectivity index (χ0v) is 18.9. The van der Waals surface area contributed by atoms with E-state index in [1.807, 2.05) is 0 Å². The van der Waals surface area contributed by atoms with E-state index in [1.165, 1.54) is 24.3 Å². The van der Waals surface area contributed by atoms with Gasteiger partial charge in [0.2, 0.25) is 5.89 Å². The van der Waals surface area contributed by atoms with Crippen molar-refractivity contribution in [2.75, 3.05) is 13.4 Å². The molecule has 1 unspecified atom stereocenters. The van der Waals surface area contributed by atoms with Crippen LogP contribution < -0.4 is 4.74 Å². The minimum absolute atomic E-state index is 0.0450. The average Bonchev–Trinajstić information content (AvgIpc) is 3.19. The van der Waals surface area contributed by atoms with Gasteiger partial charge in [-0.3, -0.25) is 4.79 Å². The number of fused-ring (bicyclic) bond motifs is 1. The smallest absolute Gasteiger partial charge is 0.202 e. The van der Waals surface area contributed by atoms with E-state index in [-0.39, 0.29) is 28.8 Å². The van der Waals surface area contributed by atoms with E-state index >= 15 is 0 Å². The minimum atomic E-state index is -3.36. The summed E-state index contributed by atoms with van der Waals surface area (Å²) in [6.45, 7) is 0. The highest BCUT2D eigenvalue weighted by molar-refractivity contribution is 7.90. The number of carbonyl (C=O) groups is 1. The lowest BCUT2D eigenvalue weighted by molar-refractivity contribution is -0.120. The van der Waals surface area contributed by atoms with Gasteiger partial charge in [0.1, 0.15) is 22.9 Å². The van der Waals surface area contributed by atoms with Crippen LogP contribution in [0.15, 0.2) is 76.0 Å². The molecule has 0 N–H and O–H groups in total. The molecule has 0 aliphatic rings. The molecule has 0 aliphatic heterocycles. The maximum Gasteiger partial charge on any atom is 0.202 e. The van der Waals surface area contributed by atoms with E-state index in [9.17, 15) is 17.6 Å². The van der Waals surface area contributed by atoms with Crippen LogP contribution in [-0.2, 0) is 27.5 Å². The van der Waals surface area contributed by atoms with Gasteiger partial charge in [0.05, 0.1) is 18.4 Å². The molecule has 1 heterocycles. The van der Waals surface area contributed by atoms with Crippen molar-refractivity contribution in [2.24, 2.45) is 0 Å². The summed E-state index contributed by atoms with van der Waals surface area (Å²) in [6, 6.07) is 17.4. The molecule has 33 heavy (non-hydrogen) atoms. The first-order valence-electron chi connectivity index (χ1n) is 10.2. The topological polar surface area (TPSA) is 86.5 Å². The largest absolute Gasteiger partial charge is 0.497 e. The van der Waals surface area contributed by atoms with E-state index in [0.29, 0.717) is 28.8 Å². The Hall–Kier alpha value is -3.52. The van der Waals surface area contributed by atoms with Crippen LogP contribution in [0.1, 0.15) is 22.9 Å². The first kappa shape index (κ1) is 22.7. The van der Waals surface area contributed by atoms with E-state index in [0.717, 1.165) is 11.8 Å². The summed E-state index contributed by atoms with van der Waals surface area (Å²) in [5.41, 5.74) is 2.58. The number of carbonyl (C=O) groups excluding carboxylic acids is 1. The van der Waals surface area contributed by atoms with E-state index < -0.39 is 15.8 Å². The molecule has 1 aromatic heterocycles. The first-order valence-corrected chi connectivity index (χ1v) is 12.1. The van der Waals surface area contributed by atoms with Crippen LogP contribution in [0.3, 0.4) is 0 Å². The van der Waals surface area contributed by atoms with Gasteiger partial charge in [0.15, 0.2) is 15.4 Å². The number of hydrogen-bond donors (Lipinski definition) is 0. The summed E-state index contributed by atoms with van der Waals surface area (Å²) < 4.78 is 47.9. The van der Waals surface area contributed by atoms with E-state index in [2.05, 4.69) is 4.98 Å². The monoisotopic (exact) mass is 467 g/mol. The van der Waals surface area contributed by atoms with Gasteiger partial charge in [-0.15, -0.1) is 0 Å². The highest BCUT2D eigenvalue weighted by atomic mass is 32.2. The summed E-state index contributed by atoms with van der Waals surface area (Å²) in [6.07, 6.45) is 1.41. The van der Waals surface area contributed by atoms with Crippen molar-refractivity contribution < 1.29 is 26.8 Å². The Kier molecular flexibility index (Phi) is 6.29. The van der Waals surface area contributed by atoms with Crippen LogP contribution in [0.4, 0.5) is 4.39 Å². The molecule has 0 bridgehead atoms. The molecule has 170 valence electrons. The molecule has 3 aromatic carbocycles. The van der Waals surface area contributed by atoms with Gasteiger partial charge in [0, 0.05) is 18.2 Å². The minimum Gasteiger partial charge on any atom is -0.497 e. The molecule has 6 nitrogen and oxygen atoms in total. The number of sulfone groups is 1. The number of methoxy groups -OCH3 is 1. The molecule has 0 radical (unpaired) electrons. The predicted octanol–water partition coefficient (Wildman–Crippen LogP) is 4.52. The molecular weight excluding hydrogens is 445 g/mol. The fourth-order valence-electron chi connectivity index (χ4n) is 3.65. The van der Waals surface area contributed by atoms with Gasteiger partial charge in [-0.25, -0.2) is 17.8 Å². The van der Waals surface area contributed by atoms with Crippen molar-refractivity contribution in [2.45, 2.75) is 23.7 Å². The third-order valence-electron chi connectivity index (χ3n) is 5.42. The fraction of sp³-hybridized carbons (Fsp3) is 0.200. The Morgan fingerprint density at radius 3 is 2.39 bits per heavy atom. The number of Topliss-reactive ketones (excluding diaryl/α,β-unsaturated/α-hetero) is 1. The molecule has 0 amide bonds. The number of nitrogens with zero attached hydrogens (tertiary/aromatic N) is 1. The van der Waals surface area contributed by atoms with Crippen molar-refractivity contribution in [3.63, 3.8) is 0 Å². The quantitative estimate of drug-likeness (QED) is 0.379. The third kappa shape index (κ3) is 5.28. The maximum absolute atomic E-state index is 13.4. The van der Waals surface area contributed by atoms with Crippen LogP contribution in [0, 0.1) is 5.82 Å². The lowest BCUT2D eigenvalue weighted by Crippen LogP contribution is -2.18. The van der Waals surface area contributed by atoms with Crippen LogP contribution in [0.5, 0.6) is 5.75 Å². The number of ketones is 1. The molecular formula is C25H22FNO5S. The van der Waals surface area contributed by atoms with Crippen molar-refractivity contribution in [3.05, 3.63) is 89.6 Å². The molecule has 4 aromatic rings. The van der Waals surface area contributed by atoms with Gasteiger partial charge < -0.3 is 9.15 Å². The molecule has 0 fully saturated rings. The van der Waals surface area contributed by atoms with Crippen LogP contribution in [0.2, 0.25) is 0 Å². The lowest BCUT2D eigenvalue weighted by atomic mass is 9.87. The van der Waals surface area contributed by atoms with Crippen LogP contribution in [0.25, 0.3) is 11.1 Å². The second-order valence-electron chi connectivity index (χ2n) is 7.81. The first-order chi connectivity index (χ1) is 15.7. The number of rotatable bonds is 8. The normalized spacial score (nSPS) is 12.6. The maximum atomic E-state index is 13.4. The predicted molar refractivity (Wildman–Crippen MR) is 122 cm³/mol. The lowest BCUT2D eigenvalue weighted by Gasteiger charge is -2.16. The number of aromatic nitrogens is 1. The van der Waals surface area contributed by atoms with Gasteiger partial charge in [-0.2, -0.15) is 0 Å². The van der Waals surface area contributed by atoms with Crippen molar-refractivity contribution in [3.8, 4) is 5.75 Å². The molecule has 0 aliphatic carbocycles. The zero-order valence-electron chi connectivity index (χ0n) is 18.1. The van der Waals surface area contributed by atoms with Crippen LogP contribution in [-0.4, -0.2) is 32.6 Å². The number of oxazole rings is 1. The van der Waals surface area contributed by atoms with Crippen molar-refractivity contribution in [1.29, 1.82) is 0 Å². The number of ether oxygens (including phenoxy) is 1. The highest BCUT2D eigenvalue weighted by Crippen LogP contribution is 2.27. The third-order valence-corrected chi connectivity index (χ3v) is 6.55. The van der Waals surface area contributed by atoms with Gasteiger partial charge in [0.25, 0.3) is 0 Å². The zero-order chi connectivity index (χ0) is 23.6. The Bertz CT molecular complexity index is 1390. The Morgan fingerprint density at radius 1 is 1.06 bits per heavy atom. The summed E-state index contributed by atoms with van der Waals surface area (Å²) in [4.78, 5) is 17.9. The standard InChI is InChI=1S/C25H22FNO5S/c1-31-19-9-12-24-22(14-19)27-25(32-24)15-23(28)21(13-16-3-7-18(26)8-4-16)17-5-10-20(11-6-17)33(2,29)30/h3-12,14,21H,13,15H2,1-2H3. The van der Waals surface area contributed by atoms with Gasteiger partial charge in [-0.05, 0) is 53.9 Å². The average molecular weight is 468 g/mol. The summed E-state index contributed by atoms with van der Waals surface area (Å²) in [5.74, 6) is -0.187. The molecule has 0 saturated heterocycles. The van der Waals surface area contributed by atoms with E-state index in [4.69, 9.17) is 9.15 Å². The molecule has 8 heteroatoms. The summed E-state index contributed by atoms with van der Waals surface area (Å²) >= 11 is 0. The van der Waals surface area contributed by atoms with Gasteiger partial charge >= 0.3 is 0 Å². The number of benzene rings is 3. The van der Waals surface area contributed by atoms with Crippen molar-refractivity contribution >= 4 is 26.7 Å².